The molecule has 0 fully saturated rings. The van der Waals surface area contributed by atoms with Crippen LogP contribution in [0, 0.1) is 11.7 Å². The van der Waals surface area contributed by atoms with Gasteiger partial charge in [-0.2, -0.15) is 13.2 Å². The highest BCUT2D eigenvalue weighted by molar-refractivity contribution is 7.71. The lowest BCUT2D eigenvalue weighted by atomic mass is 10.1. The predicted octanol–water partition coefficient (Wildman–Crippen LogP) is 5.53. The molecule has 1 N–H and O–H groups in total. The maximum absolute atomic E-state index is 12.9. The van der Waals surface area contributed by atoms with Crippen LogP contribution in [0.25, 0.3) is 16.9 Å². The van der Waals surface area contributed by atoms with Gasteiger partial charge in [-0.15, -0.1) is 0 Å². The number of hydrogen-bond acceptors (Lipinski definition) is 1. The first-order valence-corrected chi connectivity index (χ1v) is 7.32. The molecule has 118 valence electrons. The summed E-state index contributed by atoms with van der Waals surface area (Å²) in [6.45, 7) is 1.97. The van der Waals surface area contributed by atoms with Crippen molar-refractivity contribution in [1.82, 2.24) is 9.55 Å². The second-order valence-electron chi connectivity index (χ2n) is 5.23. The first-order valence-electron chi connectivity index (χ1n) is 6.91. The van der Waals surface area contributed by atoms with Crippen molar-refractivity contribution in [1.29, 1.82) is 0 Å². The van der Waals surface area contributed by atoms with E-state index in [9.17, 15) is 13.2 Å². The van der Waals surface area contributed by atoms with Gasteiger partial charge in [0.15, 0.2) is 4.77 Å². The van der Waals surface area contributed by atoms with Crippen molar-refractivity contribution < 1.29 is 13.2 Å². The van der Waals surface area contributed by atoms with Gasteiger partial charge in [-0.25, -0.2) is 0 Å². The van der Waals surface area contributed by atoms with E-state index < -0.39 is 11.7 Å². The average Bonchev–Trinajstić information content (AvgIpc) is 2.89. The number of aryl methyl sites for hydroxylation is 1. The van der Waals surface area contributed by atoms with Crippen molar-refractivity contribution in [2.45, 2.75) is 13.1 Å². The number of halogens is 3. The molecule has 2 nitrogen and oxygen atoms in total. The SMILES string of the molecule is Cc1ccc(-c2c[nH]c(=S)n2-c2cccc(C(F)(F)F)c2)cc1. The van der Waals surface area contributed by atoms with Crippen LogP contribution in [-0.2, 0) is 6.18 Å². The van der Waals surface area contributed by atoms with Crippen LogP contribution in [-0.4, -0.2) is 9.55 Å². The van der Waals surface area contributed by atoms with E-state index in [0.29, 0.717) is 16.2 Å². The third kappa shape index (κ3) is 3.07. The topological polar surface area (TPSA) is 20.7 Å². The van der Waals surface area contributed by atoms with Crippen molar-refractivity contribution in [2.24, 2.45) is 0 Å². The van der Waals surface area contributed by atoms with Crippen LogP contribution in [0.4, 0.5) is 13.2 Å². The molecule has 0 saturated carbocycles. The van der Waals surface area contributed by atoms with Gasteiger partial charge in [0.1, 0.15) is 0 Å². The van der Waals surface area contributed by atoms with Crippen LogP contribution >= 0.6 is 12.2 Å². The molecular formula is C17H13F3N2S. The molecule has 1 aromatic heterocycles. The minimum Gasteiger partial charge on any atom is -0.336 e. The van der Waals surface area contributed by atoms with Crippen LogP contribution in [0.2, 0.25) is 0 Å². The van der Waals surface area contributed by atoms with E-state index in [-0.39, 0.29) is 0 Å². The molecule has 0 atom stereocenters. The second-order valence-corrected chi connectivity index (χ2v) is 5.62. The number of imidazole rings is 1. The molecule has 1 heterocycles. The molecule has 3 aromatic rings. The normalized spacial score (nSPS) is 11.7. The fraction of sp³-hybridized carbons (Fsp3) is 0.118. The summed E-state index contributed by atoms with van der Waals surface area (Å²) in [5, 5.41) is 0. The average molecular weight is 334 g/mol. The lowest BCUT2D eigenvalue weighted by Crippen LogP contribution is -2.06. The van der Waals surface area contributed by atoms with Crippen LogP contribution in [0.15, 0.2) is 54.7 Å². The summed E-state index contributed by atoms with van der Waals surface area (Å²) in [7, 11) is 0. The van der Waals surface area contributed by atoms with Crippen molar-refractivity contribution in [3.05, 3.63) is 70.6 Å². The lowest BCUT2D eigenvalue weighted by molar-refractivity contribution is -0.137. The highest BCUT2D eigenvalue weighted by Crippen LogP contribution is 2.31. The maximum atomic E-state index is 12.9. The highest BCUT2D eigenvalue weighted by Gasteiger charge is 2.30. The number of nitrogens with zero attached hydrogens (tertiary/aromatic N) is 1. The van der Waals surface area contributed by atoms with Crippen LogP contribution in [0.1, 0.15) is 11.1 Å². The molecule has 0 amide bonds. The van der Waals surface area contributed by atoms with Crippen molar-refractivity contribution in [2.75, 3.05) is 0 Å². The van der Waals surface area contributed by atoms with Crippen molar-refractivity contribution >= 4 is 12.2 Å². The number of nitrogens with one attached hydrogen (secondary N) is 1. The Labute approximate surface area is 136 Å². The number of aromatic nitrogens is 2. The van der Waals surface area contributed by atoms with Gasteiger partial charge in [0.2, 0.25) is 0 Å². The molecule has 23 heavy (non-hydrogen) atoms. The van der Waals surface area contributed by atoms with Gasteiger partial charge < -0.3 is 4.98 Å². The number of H-pyrrole nitrogens is 1. The quantitative estimate of drug-likeness (QED) is 0.611. The monoisotopic (exact) mass is 334 g/mol. The van der Waals surface area contributed by atoms with Gasteiger partial charge in [-0.1, -0.05) is 35.9 Å². The summed E-state index contributed by atoms with van der Waals surface area (Å²) in [4.78, 5) is 2.90. The summed E-state index contributed by atoms with van der Waals surface area (Å²) in [5.41, 5.74) is 2.37. The lowest BCUT2D eigenvalue weighted by Gasteiger charge is -2.12. The van der Waals surface area contributed by atoms with Gasteiger partial charge in [-0.05, 0) is 37.3 Å². The van der Waals surface area contributed by atoms with E-state index in [1.807, 2.05) is 31.2 Å². The first kappa shape index (κ1) is 15.6. The highest BCUT2D eigenvalue weighted by atomic mass is 32.1. The Hall–Kier alpha value is -2.34. The minimum absolute atomic E-state index is 0.347. The molecule has 6 heteroatoms. The number of aromatic amines is 1. The molecule has 2 aromatic carbocycles. The van der Waals surface area contributed by atoms with Gasteiger partial charge in [0.25, 0.3) is 0 Å². The summed E-state index contributed by atoms with van der Waals surface area (Å²) < 4.78 is 40.8. The Balaban J connectivity index is 2.16. The molecule has 0 bridgehead atoms. The van der Waals surface area contributed by atoms with Crippen molar-refractivity contribution in [3.63, 3.8) is 0 Å². The molecule has 0 saturated heterocycles. The van der Waals surface area contributed by atoms with Crippen LogP contribution in [0.3, 0.4) is 0 Å². The molecule has 0 radical (unpaired) electrons. The number of benzene rings is 2. The Morgan fingerprint density at radius 3 is 2.39 bits per heavy atom. The third-order valence-electron chi connectivity index (χ3n) is 3.56. The Kier molecular flexibility index (Phi) is 3.85. The zero-order valence-corrected chi connectivity index (χ0v) is 13.0. The summed E-state index contributed by atoms with van der Waals surface area (Å²) in [6.07, 6.45) is -2.69. The Morgan fingerprint density at radius 2 is 1.74 bits per heavy atom. The molecule has 0 aliphatic carbocycles. The fourth-order valence-electron chi connectivity index (χ4n) is 2.38. The number of alkyl halides is 3. The summed E-state index contributed by atoms with van der Waals surface area (Å²) in [6, 6.07) is 12.9. The van der Waals surface area contributed by atoms with Gasteiger partial charge in [0.05, 0.1) is 11.3 Å². The predicted molar refractivity (Wildman–Crippen MR) is 86.1 cm³/mol. The summed E-state index contributed by atoms with van der Waals surface area (Å²) >= 11 is 5.24. The molecular weight excluding hydrogens is 321 g/mol. The third-order valence-corrected chi connectivity index (χ3v) is 3.86. The van der Waals surface area contributed by atoms with E-state index in [1.54, 1.807) is 16.8 Å². The summed E-state index contributed by atoms with van der Waals surface area (Å²) in [5.74, 6) is 0. The first-order chi connectivity index (χ1) is 10.9. The molecule has 3 rings (SSSR count). The van der Waals surface area contributed by atoms with Crippen LogP contribution in [0.5, 0.6) is 0 Å². The van der Waals surface area contributed by atoms with E-state index in [0.717, 1.165) is 23.3 Å². The standard InChI is InChI=1S/C17H13F3N2S/c1-11-5-7-12(8-6-11)15-10-21-16(23)22(15)14-4-2-3-13(9-14)17(18,19)20/h2-10H,1H3,(H,21,23). The number of hydrogen-bond donors (Lipinski definition) is 1. The number of rotatable bonds is 2. The van der Waals surface area contributed by atoms with E-state index in [1.165, 1.54) is 6.07 Å². The zero-order chi connectivity index (χ0) is 16.6. The molecule has 0 unspecified atom stereocenters. The van der Waals surface area contributed by atoms with Gasteiger partial charge in [-0.3, -0.25) is 4.57 Å². The van der Waals surface area contributed by atoms with Crippen LogP contribution < -0.4 is 0 Å². The van der Waals surface area contributed by atoms with Gasteiger partial charge in [0, 0.05) is 17.4 Å². The Bertz CT molecular complexity index is 889. The Morgan fingerprint density at radius 1 is 1.04 bits per heavy atom. The van der Waals surface area contributed by atoms with E-state index in [2.05, 4.69) is 4.98 Å². The molecule has 0 aliphatic rings. The van der Waals surface area contributed by atoms with Crippen molar-refractivity contribution in [3.8, 4) is 16.9 Å². The minimum atomic E-state index is -4.39. The molecule has 0 spiro atoms. The fourth-order valence-corrected chi connectivity index (χ4v) is 2.65. The smallest absolute Gasteiger partial charge is 0.336 e. The molecule has 0 aliphatic heterocycles. The largest absolute Gasteiger partial charge is 0.416 e. The van der Waals surface area contributed by atoms with E-state index in [4.69, 9.17) is 12.2 Å². The maximum Gasteiger partial charge on any atom is 0.416 e. The second kappa shape index (κ2) is 5.70. The van der Waals surface area contributed by atoms with Gasteiger partial charge >= 0.3 is 6.18 Å². The zero-order valence-electron chi connectivity index (χ0n) is 12.2. The van der Waals surface area contributed by atoms with E-state index >= 15 is 0 Å².